The van der Waals surface area contributed by atoms with Crippen molar-refractivity contribution in [2.24, 2.45) is 0 Å². The molecule has 0 saturated heterocycles. The van der Waals surface area contributed by atoms with Gasteiger partial charge in [-0.3, -0.25) is 0 Å². The molecule has 4 rings (SSSR count). The summed E-state index contributed by atoms with van der Waals surface area (Å²) in [5.74, 6) is 0. The minimum absolute atomic E-state index is 0. The molecule has 0 heterocycles. The summed E-state index contributed by atoms with van der Waals surface area (Å²) < 4.78 is 3.38. The zero-order valence-electron chi connectivity index (χ0n) is 13.1. The molecule has 0 aromatic heterocycles. The molecule has 0 atom stereocenters. The van der Waals surface area contributed by atoms with E-state index in [2.05, 4.69) is 61.5 Å². The van der Waals surface area contributed by atoms with E-state index >= 15 is 0 Å². The van der Waals surface area contributed by atoms with Crippen molar-refractivity contribution in [3.63, 3.8) is 0 Å². The molecule has 0 bridgehead atoms. The van der Waals surface area contributed by atoms with Crippen LogP contribution in [0.4, 0.5) is 0 Å². The molecule has 0 amide bonds. The summed E-state index contributed by atoms with van der Waals surface area (Å²) in [7, 11) is 0. The molecule has 0 nitrogen and oxygen atoms in total. The largest absolute Gasteiger partial charge is 1.00 e. The van der Waals surface area contributed by atoms with Crippen LogP contribution in [0.2, 0.25) is 0 Å². The van der Waals surface area contributed by atoms with E-state index < -0.39 is 0 Å². The normalized spacial score (nSPS) is 13.8. The van der Waals surface area contributed by atoms with Crippen molar-refractivity contribution in [3.05, 3.63) is 75.2 Å². The van der Waals surface area contributed by atoms with E-state index in [4.69, 9.17) is 0 Å². The van der Waals surface area contributed by atoms with E-state index in [0.717, 1.165) is 6.42 Å². The quantitative estimate of drug-likeness (QED) is 0.493. The van der Waals surface area contributed by atoms with E-state index in [9.17, 15) is 0 Å². The van der Waals surface area contributed by atoms with Crippen molar-refractivity contribution >= 4 is 3.87 Å². The van der Waals surface area contributed by atoms with Crippen LogP contribution in [-0.2, 0) is 25.6 Å². The van der Waals surface area contributed by atoms with Gasteiger partial charge in [-0.15, -0.1) is 0 Å². The maximum Gasteiger partial charge on any atom is -1.00 e. The Kier molecular flexibility index (Phi) is 6.34. The molecular formula is C20H18Cl2Ti. The van der Waals surface area contributed by atoms with Gasteiger partial charge in [0, 0.05) is 0 Å². The van der Waals surface area contributed by atoms with Gasteiger partial charge in [0.25, 0.3) is 0 Å². The summed E-state index contributed by atoms with van der Waals surface area (Å²) in [6, 6.07) is 15.8. The fraction of sp³-hybridized carbons (Fsp3) is 0.200. The first-order chi connectivity index (χ1) is 10.4. The number of rotatable bonds is 3. The molecule has 116 valence electrons. The molecule has 0 saturated carbocycles. The molecule has 2 aliphatic carbocycles. The average Bonchev–Trinajstić information content (AvgIpc) is 3.12. The fourth-order valence-electron chi connectivity index (χ4n) is 3.45. The van der Waals surface area contributed by atoms with Crippen molar-refractivity contribution < 1.29 is 44.0 Å². The van der Waals surface area contributed by atoms with Crippen molar-refractivity contribution in [2.75, 3.05) is 0 Å². The molecule has 0 aliphatic heterocycles. The van der Waals surface area contributed by atoms with Crippen molar-refractivity contribution in [2.45, 2.75) is 26.2 Å². The molecule has 0 radical (unpaired) electrons. The van der Waals surface area contributed by atoms with Gasteiger partial charge in [-0.25, -0.2) is 0 Å². The number of allylic oxidation sites excluding steroid dienone is 4. The van der Waals surface area contributed by atoms with E-state index in [0.29, 0.717) is 0 Å². The Morgan fingerprint density at radius 1 is 0.957 bits per heavy atom. The zero-order valence-corrected chi connectivity index (χ0v) is 16.1. The van der Waals surface area contributed by atoms with Crippen LogP contribution in [0.3, 0.4) is 0 Å². The van der Waals surface area contributed by atoms with Gasteiger partial charge in [0.2, 0.25) is 0 Å². The van der Waals surface area contributed by atoms with Crippen LogP contribution in [-0.4, -0.2) is 0 Å². The van der Waals surface area contributed by atoms with Gasteiger partial charge in [-0.05, 0) is 0 Å². The molecule has 0 N–H and O–H groups in total. The van der Waals surface area contributed by atoms with Crippen molar-refractivity contribution in [3.8, 4) is 11.1 Å². The summed E-state index contributed by atoms with van der Waals surface area (Å²) in [5, 5.41) is 0. The molecule has 0 spiro atoms. The molecule has 2 aromatic carbocycles. The third-order valence-corrected chi connectivity index (χ3v) is 6.99. The third kappa shape index (κ3) is 3.37. The SMILES string of the molecule is CCC1=[C]([Ti+2][c]2cccc3c2Cc2ccccc2-3)CC=C1.[Cl-].[Cl-]. The van der Waals surface area contributed by atoms with Gasteiger partial charge in [-0.2, -0.15) is 0 Å². The Balaban J connectivity index is 0.000000960. The summed E-state index contributed by atoms with van der Waals surface area (Å²) in [6.07, 6.45) is 8.20. The monoisotopic (exact) mass is 376 g/mol. The van der Waals surface area contributed by atoms with Gasteiger partial charge in [0.1, 0.15) is 0 Å². The zero-order chi connectivity index (χ0) is 14.2. The number of hydrogen-bond donors (Lipinski definition) is 0. The second kappa shape index (κ2) is 7.86. The molecule has 3 heteroatoms. The second-order valence-electron chi connectivity index (χ2n) is 5.75. The molecule has 0 unspecified atom stereocenters. The first-order valence-electron chi connectivity index (χ1n) is 7.72. The minimum atomic E-state index is -0.170. The Morgan fingerprint density at radius 2 is 1.74 bits per heavy atom. The molecule has 2 aromatic rings. The predicted molar refractivity (Wildman–Crippen MR) is 85.4 cm³/mol. The Bertz CT molecular complexity index is 775. The Morgan fingerprint density at radius 3 is 2.57 bits per heavy atom. The maximum atomic E-state index is 2.38. The van der Waals surface area contributed by atoms with Crippen LogP contribution in [0.15, 0.2) is 64.1 Å². The van der Waals surface area contributed by atoms with Crippen LogP contribution in [0.5, 0.6) is 0 Å². The summed E-state index contributed by atoms with van der Waals surface area (Å²) in [4.78, 5) is 0. The van der Waals surface area contributed by atoms with Crippen LogP contribution in [0, 0.1) is 0 Å². The van der Waals surface area contributed by atoms with E-state index in [1.54, 1.807) is 18.9 Å². The van der Waals surface area contributed by atoms with Crippen LogP contribution in [0.1, 0.15) is 30.9 Å². The van der Waals surface area contributed by atoms with Gasteiger partial charge in [0.05, 0.1) is 0 Å². The number of hydrogen-bond acceptors (Lipinski definition) is 0. The standard InChI is InChI=1S/C13H9.C7H9.2ClH.Ti/c1-3-7-12-10(5-1)9-11-6-2-4-8-13(11)12;1-2-7-5-3-4-6-7;;;/h1-5,7-8H,9H2;3,5H,2,4H2,1H3;2*1H;/q;;;;+2/p-2. The number of halogens is 2. The smallest absolute Gasteiger partial charge is 1.00 e. The molecular weight excluding hydrogens is 359 g/mol. The van der Waals surface area contributed by atoms with Gasteiger partial charge in [0.15, 0.2) is 0 Å². The molecule has 0 fully saturated rings. The third-order valence-electron chi connectivity index (χ3n) is 4.55. The van der Waals surface area contributed by atoms with E-state index in [1.165, 1.54) is 29.5 Å². The summed E-state index contributed by atoms with van der Waals surface area (Å²) in [5.41, 5.74) is 7.64. The van der Waals surface area contributed by atoms with Gasteiger partial charge >= 0.3 is 136 Å². The topological polar surface area (TPSA) is 0 Å². The maximum absolute atomic E-state index is 2.38. The number of benzene rings is 2. The molecule has 23 heavy (non-hydrogen) atoms. The summed E-state index contributed by atoms with van der Waals surface area (Å²) >= 11 is -0.170. The Labute approximate surface area is 159 Å². The Hall–Kier alpha value is -0.786. The van der Waals surface area contributed by atoms with E-state index in [-0.39, 0.29) is 44.0 Å². The van der Waals surface area contributed by atoms with Crippen LogP contribution >= 0.6 is 0 Å². The van der Waals surface area contributed by atoms with Gasteiger partial charge in [-0.1, -0.05) is 0 Å². The summed E-state index contributed by atoms with van der Waals surface area (Å²) in [6.45, 7) is 2.28. The van der Waals surface area contributed by atoms with Crippen LogP contribution in [0.25, 0.3) is 11.1 Å². The average molecular weight is 377 g/mol. The van der Waals surface area contributed by atoms with Crippen LogP contribution < -0.4 is 28.7 Å². The van der Waals surface area contributed by atoms with E-state index in [1.807, 2.05) is 0 Å². The van der Waals surface area contributed by atoms with Crippen molar-refractivity contribution in [1.82, 2.24) is 0 Å². The number of fused-ring (bicyclic) bond motifs is 3. The van der Waals surface area contributed by atoms with Crippen molar-refractivity contribution in [1.29, 1.82) is 0 Å². The fourth-order valence-corrected chi connectivity index (χ4v) is 5.82. The minimum Gasteiger partial charge on any atom is -1.00 e. The molecule has 2 aliphatic rings. The van der Waals surface area contributed by atoms with Gasteiger partial charge < -0.3 is 24.8 Å². The first-order valence-corrected chi connectivity index (χ1v) is 9.28. The second-order valence-corrected chi connectivity index (χ2v) is 7.93. The predicted octanol–water partition coefficient (Wildman–Crippen LogP) is -1.40. The first kappa shape index (κ1) is 18.6.